The van der Waals surface area contributed by atoms with Crippen molar-refractivity contribution in [3.8, 4) is 5.75 Å². The van der Waals surface area contributed by atoms with Gasteiger partial charge in [0.2, 0.25) is 0 Å². The van der Waals surface area contributed by atoms with Gasteiger partial charge in [-0.2, -0.15) is 0 Å². The zero-order valence-electron chi connectivity index (χ0n) is 13.6. The molecule has 0 saturated carbocycles. The Labute approximate surface area is 141 Å². The number of hydrogen-bond donors (Lipinski definition) is 0. The highest BCUT2D eigenvalue weighted by atomic mass is 16.5. The van der Waals surface area contributed by atoms with Crippen LogP contribution in [0.3, 0.4) is 0 Å². The van der Waals surface area contributed by atoms with E-state index in [1.165, 1.54) is 7.11 Å². The molecule has 2 aromatic carbocycles. The summed E-state index contributed by atoms with van der Waals surface area (Å²) in [5.74, 6) is -0.0541. The van der Waals surface area contributed by atoms with E-state index >= 15 is 0 Å². The second-order valence-corrected chi connectivity index (χ2v) is 5.11. The maximum absolute atomic E-state index is 11.9. The molecule has 0 unspecified atom stereocenters. The molecular formula is C19H20O5. The zero-order valence-corrected chi connectivity index (χ0v) is 13.6. The molecule has 0 N–H and O–H groups in total. The number of methoxy groups -OCH3 is 1. The Bertz CT molecular complexity index is 649. The van der Waals surface area contributed by atoms with E-state index in [9.17, 15) is 9.59 Å². The minimum atomic E-state index is -0.422. The van der Waals surface area contributed by atoms with Gasteiger partial charge in [-0.15, -0.1) is 0 Å². The average molecular weight is 328 g/mol. The van der Waals surface area contributed by atoms with Crippen molar-refractivity contribution in [2.45, 2.75) is 19.4 Å². The van der Waals surface area contributed by atoms with Crippen molar-refractivity contribution in [3.63, 3.8) is 0 Å². The molecule has 5 heteroatoms. The molecule has 24 heavy (non-hydrogen) atoms. The Hall–Kier alpha value is -2.82. The van der Waals surface area contributed by atoms with Crippen LogP contribution in [0.2, 0.25) is 0 Å². The summed E-state index contributed by atoms with van der Waals surface area (Å²) in [5.41, 5.74) is 1.52. The van der Waals surface area contributed by atoms with Crippen LogP contribution in [0.25, 0.3) is 0 Å². The number of rotatable bonds is 8. The Kier molecular flexibility index (Phi) is 6.83. The van der Waals surface area contributed by atoms with E-state index in [4.69, 9.17) is 9.47 Å². The Morgan fingerprint density at radius 3 is 2.33 bits per heavy atom. The molecule has 0 bridgehead atoms. The summed E-state index contributed by atoms with van der Waals surface area (Å²) in [4.78, 5) is 22.8. The maximum Gasteiger partial charge on any atom is 0.338 e. The summed E-state index contributed by atoms with van der Waals surface area (Å²) in [6.07, 6.45) is 0.673. The predicted molar refractivity (Wildman–Crippen MR) is 88.7 cm³/mol. The van der Waals surface area contributed by atoms with Crippen molar-refractivity contribution in [1.82, 2.24) is 0 Å². The minimum Gasteiger partial charge on any atom is -0.489 e. The Morgan fingerprint density at radius 1 is 0.958 bits per heavy atom. The standard InChI is InChI=1S/C19H20O5/c1-22-18(20)8-5-13-23-19(21)16-9-11-17(12-10-16)24-14-15-6-3-2-4-7-15/h2-4,6-7,9-12H,5,8,13-14H2,1H3. The van der Waals surface area contributed by atoms with E-state index in [0.29, 0.717) is 24.3 Å². The second kappa shape index (κ2) is 9.35. The largest absolute Gasteiger partial charge is 0.489 e. The van der Waals surface area contributed by atoms with Crippen LogP contribution in [0.15, 0.2) is 54.6 Å². The lowest BCUT2D eigenvalue weighted by molar-refractivity contribution is -0.140. The second-order valence-electron chi connectivity index (χ2n) is 5.11. The maximum atomic E-state index is 11.9. The van der Waals surface area contributed by atoms with Gasteiger partial charge in [0.1, 0.15) is 12.4 Å². The van der Waals surface area contributed by atoms with Gasteiger partial charge in [0.25, 0.3) is 0 Å². The first-order chi connectivity index (χ1) is 11.7. The number of carbonyl (C=O) groups excluding carboxylic acids is 2. The average Bonchev–Trinajstić information content (AvgIpc) is 2.64. The van der Waals surface area contributed by atoms with Crippen LogP contribution in [0, 0.1) is 0 Å². The smallest absolute Gasteiger partial charge is 0.338 e. The fourth-order valence-corrected chi connectivity index (χ4v) is 1.99. The van der Waals surface area contributed by atoms with E-state index in [1.54, 1.807) is 24.3 Å². The normalized spacial score (nSPS) is 10.0. The summed E-state index contributed by atoms with van der Waals surface area (Å²) < 4.78 is 15.3. The first-order valence-corrected chi connectivity index (χ1v) is 7.70. The van der Waals surface area contributed by atoms with E-state index in [2.05, 4.69) is 4.74 Å². The van der Waals surface area contributed by atoms with Crippen LogP contribution in [-0.2, 0) is 20.9 Å². The quantitative estimate of drug-likeness (QED) is 0.549. The van der Waals surface area contributed by atoms with Gasteiger partial charge in [-0.3, -0.25) is 4.79 Å². The molecule has 126 valence electrons. The van der Waals surface area contributed by atoms with Crippen molar-refractivity contribution in [3.05, 3.63) is 65.7 Å². The third-order valence-corrected chi connectivity index (χ3v) is 3.32. The molecular weight excluding hydrogens is 308 g/mol. The fraction of sp³-hybridized carbons (Fsp3) is 0.263. The Balaban J connectivity index is 1.76. The van der Waals surface area contributed by atoms with E-state index in [-0.39, 0.29) is 19.0 Å². The van der Waals surface area contributed by atoms with Gasteiger partial charge < -0.3 is 14.2 Å². The fourth-order valence-electron chi connectivity index (χ4n) is 1.99. The number of ether oxygens (including phenoxy) is 3. The highest BCUT2D eigenvalue weighted by molar-refractivity contribution is 5.89. The first kappa shape index (κ1) is 17.5. The molecule has 0 aliphatic heterocycles. The van der Waals surface area contributed by atoms with Gasteiger partial charge >= 0.3 is 11.9 Å². The van der Waals surface area contributed by atoms with Crippen molar-refractivity contribution in [2.24, 2.45) is 0 Å². The van der Waals surface area contributed by atoms with Gasteiger partial charge in [0.15, 0.2) is 0 Å². The zero-order chi connectivity index (χ0) is 17.2. The molecule has 0 aliphatic carbocycles. The molecule has 0 radical (unpaired) electrons. The van der Waals surface area contributed by atoms with E-state index in [0.717, 1.165) is 5.56 Å². The molecule has 0 fully saturated rings. The third kappa shape index (κ3) is 5.76. The first-order valence-electron chi connectivity index (χ1n) is 7.70. The van der Waals surface area contributed by atoms with E-state index < -0.39 is 5.97 Å². The third-order valence-electron chi connectivity index (χ3n) is 3.32. The molecule has 0 amide bonds. The summed E-state index contributed by atoms with van der Waals surface area (Å²) in [6, 6.07) is 16.6. The SMILES string of the molecule is COC(=O)CCCOC(=O)c1ccc(OCc2ccccc2)cc1. The molecule has 2 aromatic rings. The monoisotopic (exact) mass is 328 g/mol. The van der Waals surface area contributed by atoms with Crippen LogP contribution in [-0.4, -0.2) is 25.7 Å². The van der Waals surface area contributed by atoms with Crippen molar-refractivity contribution in [1.29, 1.82) is 0 Å². The summed E-state index contributed by atoms with van der Waals surface area (Å²) in [6.45, 7) is 0.651. The number of esters is 2. The molecule has 0 aromatic heterocycles. The topological polar surface area (TPSA) is 61.8 Å². The van der Waals surface area contributed by atoms with Gasteiger partial charge in [0.05, 0.1) is 19.3 Å². The lowest BCUT2D eigenvalue weighted by Crippen LogP contribution is -2.08. The summed E-state index contributed by atoms with van der Waals surface area (Å²) >= 11 is 0. The molecule has 0 spiro atoms. The van der Waals surface area contributed by atoms with Gasteiger partial charge in [-0.25, -0.2) is 4.79 Å². The van der Waals surface area contributed by atoms with E-state index in [1.807, 2.05) is 30.3 Å². The van der Waals surface area contributed by atoms with Crippen LogP contribution >= 0.6 is 0 Å². The van der Waals surface area contributed by atoms with Crippen LogP contribution < -0.4 is 4.74 Å². The van der Waals surface area contributed by atoms with Gasteiger partial charge in [-0.05, 0) is 36.2 Å². The lowest BCUT2D eigenvalue weighted by atomic mass is 10.2. The van der Waals surface area contributed by atoms with Crippen molar-refractivity contribution < 1.29 is 23.8 Å². The van der Waals surface area contributed by atoms with Crippen LogP contribution in [0.5, 0.6) is 5.75 Å². The van der Waals surface area contributed by atoms with Gasteiger partial charge in [-0.1, -0.05) is 30.3 Å². The molecule has 5 nitrogen and oxygen atoms in total. The molecule has 0 atom stereocenters. The van der Waals surface area contributed by atoms with Crippen LogP contribution in [0.4, 0.5) is 0 Å². The molecule has 2 rings (SSSR count). The Morgan fingerprint density at radius 2 is 1.67 bits per heavy atom. The summed E-state index contributed by atoms with van der Waals surface area (Å²) in [7, 11) is 1.33. The van der Waals surface area contributed by atoms with Gasteiger partial charge in [0, 0.05) is 6.42 Å². The molecule has 0 heterocycles. The number of hydrogen-bond acceptors (Lipinski definition) is 5. The molecule has 0 saturated heterocycles. The van der Waals surface area contributed by atoms with Crippen LogP contribution in [0.1, 0.15) is 28.8 Å². The van der Waals surface area contributed by atoms with Crippen molar-refractivity contribution >= 4 is 11.9 Å². The summed E-state index contributed by atoms with van der Waals surface area (Å²) in [5, 5.41) is 0. The van der Waals surface area contributed by atoms with Crippen molar-refractivity contribution in [2.75, 3.05) is 13.7 Å². The highest BCUT2D eigenvalue weighted by Gasteiger charge is 2.08. The number of carbonyl (C=O) groups is 2. The minimum absolute atomic E-state index is 0.181. The number of benzene rings is 2. The lowest BCUT2D eigenvalue weighted by Gasteiger charge is -2.08. The predicted octanol–water partition coefficient (Wildman–Crippen LogP) is 3.38. The molecule has 0 aliphatic rings. The highest BCUT2D eigenvalue weighted by Crippen LogP contribution is 2.15.